The number of nitrogens with one attached hydrogen (secondary N) is 1. The highest BCUT2D eigenvalue weighted by Gasteiger charge is 2.25. The molecule has 0 saturated carbocycles. The van der Waals surface area contributed by atoms with Crippen molar-refractivity contribution in [3.05, 3.63) is 80.9 Å². The quantitative estimate of drug-likeness (QED) is 0.192. The highest BCUT2D eigenvalue weighted by atomic mass is 35.5. The van der Waals surface area contributed by atoms with Gasteiger partial charge < -0.3 is 10.2 Å². The summed E-state index contributed by atoms with van der Waals surface area (Å²) < 4.78 is 0. The normalized spacial score (nSPS) is 14.1. The lowest BCUT2D eigenvalue weighted by molar-refractivity contribution is -0.384. The van der Waals surface area contributed by atoms with Gasteiger partial charge in [0.2, 0.25) is 0 Å². The lowest BCUT2D eigenvalue weighted by Crippen LogP contribution is -2.33. The number of hydrogen-bond donors (Lipinski definition) is 1. The molecule has 5 rings (SSSR count). The summed E-state index contributed by atoms with van der Waals surface area (Å²) in [6.07, 6.45) is 5.29. The number of halogens is 1. The maximum atomic E-state index is 13.1. The molecule has 4 aromatic rings. The van der Waals surface area contributed by atoms with Crippen molar-refractivity contribution in [2.24, 2.45) is 5.92 Å². The molecule has 0 atom stereocenters. The summed E-state index contributed by atoms with van der Waals surface area (Å²) in [5.74, 6) is 0.110. The van der Waals surface area contributed by atoms with E-state index in [1.807, 2.05) is 17.0 Å². The van der Waals surface area contributed by atoms with Crippen LogP contribution in [0.1, 0.15) is 55.5 Å². The molecule has 39 heavy (non-hydrogen) atoms. The van der Waals surface area contributed by atoms with Crippen LogP contribution in [0.15, 0.2) is 54.6 Å². The molecule has 0 unspecified atom stereocenters. The molecular formula is C29H31ClN6O3. The molecule has 0 radical (unpaired) electrons. The van der Waals surface area contributed by atoms with Crippen LogP contribution >= 0.6 is 11.6 Å². The second kappa shape index (κ2) is 11.4. The number of amides is 1. The summed E-state index contributed by atoms with van der Waals surface area (Å²) in [7, 11) is 0. The minimum absolute atomic E-state index is 0.0811. The first kappa shape index (κ1) is 26.6. The maximum Gasteiger partial charge on any atom is 0.293 e. The minimum atomic E-state index is -0.492. The Hall–Kier alpha value is -3.98. The lowest BCUT2D eigenvalue weighted by atomic mass is 9.98. The maximum absolute atomic E-state index is 13.1. The fourth-order valence-corrected chi connectivity index (χ4v) is 5.05. The molecule has 1 aliphatic rings. The average molecular weight is 547 g/mol. The van der Waals surface area contributed by atoms with Gasteiger partial charge in [-0.25, -0.2) is 0 Å². The van der Waals surface area contributed by atoms with E-state index in [4.69, 9.17) is 11.6 Å². The molecule has 1 fully saturated rings. The molecule has 1 amide bonds. The predicted octanol–water partition coefficient (Wildman–Crippen LogP) is 6.81. The number of carbonyl (C=O) groups is 1. The number of rotatable bonds is 8. The van der Waals surface area contributed by atoms with Gasteiger partial charge in [-0.05, 0) is 73.6 Å². The standard InChI is InChI=1S/C29H31ClN6O3/c1-3-4-5-20-6-9-22(10-7-20)35-32-25-17-23(30)24(18-26(25)33-35)31-29(37)21-8-11-27(28(16-21)36(38)39)34-14-12-19(2)13-15-34/h6-11,16-19H,3-5,12-15H2,1-2H3,(H,31,37). The van der Waals surface area contributed by atoms with Gasteiger partial charge in [-0.1, -0.05) is 44.0 Å². The van der Waals surface area contributed by atoms with Gasteiger partial charge in [0.15, 0.2) is 0 Å². The molecule has 1 saturated heterocycles. The van der Waals surface area contributed by atoms with Gasteiger partial charge in [0.25, 0.3) is 11.6 Å². The Morgan fingerprint density at radius 2 is 1.77 bits per heavy atom. The third-order valence-corrected chi connectivity index (χ3v) is 7.57. The zero-order chi connectivity index (χ0) is 27.5. The summed E-state index contributed by atoms with van der Waals surface area (Å²) in [6.45, 7) is 5.87. The molecule has 0 spiro atoms. The molecule has 0 bridgehead atoms. The topological polar surface area (TPSA) is 106 Å². The van der Waals surface area contributed by atoms with Gasteiger partial charge in [-0.15, -0.1) is 10.2 Å². The molecule has 1 N–H and O–H groups in total. The molecule has 1 aromatic heterocycles. The first-order valence-electron chi connectivity index (χ1n) is 13.3. The van der Waals surface area contributed by atoms with Crippen LogP contribution in [-0.4, -0.2) is 38.9 Å². The molecular weight excluding hydrogens is 516 g/mol. The number of fused-ring (bicyclic) bond motifs is 1. The number of nitro groups is 1. The molecule has 1 aliphatic heterocycles. The second-order valence-electron chi connectivity index (χ2n) is 10.2. The summed E-state index contributed by atoms with van der Waals surface area (Å²) in [5, 5.41) is 24.0. The van der Waals surface area contributed by atoms with E-state index in [0.29, 0.717) is 33.3 Å². The second-order valence-corrected chi connectivity index (χ2v) is 10.6. The Labute approximate surface area is 231 Å². The Balaban J connectivity index is 1.36. The molecule has 3 aromatic carbocycles. The first-order valence-corrected chi connectivity index (χ1v) is 13.7. The van der Waals surface area contributed by atoms with Gasteiger partial charge in [0, 0.05) is 24.7 Å². The number of aryl methyl sites for hydroxylation is 1. The molecule has 9 nitrogen and oxygen atoms in total. The monoisotopic (exact) mass is 546 g/mol. The number of benzene rings is 3. The highest BCUT2D eigenvalue weighted by Crippen LogP contribution is 2.33. The first-order chi connectivity index (χ1) is 18.8. The molecule has 202 valence electrons. The van der Waals surface area contributed by atoms with E-state index >= 15 is 0 Å². The zero-order valence-electron chi connectivity index (χ0n) is 22.1. The number of hydrogen-bond acceptors (Lipinski definition) is 6. The van der Waals surface area contributed by atoms with Gasteiger partial charge >= 0.3 is 0 Å². The van der Waals surface area contributed by atoms with E-state index in [0.717, 1.165) is 50.9 Å². The number of carbonyl (C=O) groups excluding carboxylic acids is 1. The van der Waals surface area contributed by atoms with E-state index in [2.05, 4.69) is 41.5 Å². The minimum Gasteiger partial charge on any atom is -0.366 e. The Bertz CT molecular complexity index is 1510. The largest absolute Gasteiger partial charge is 0.366 e. The fraction of sp³-hybridized carbons (Fsp3) is 0.345. The van der Waals surface area contributed by atoms with Crippen molar-refractivity contribution in [2.45, 2.75) is 46.0 Å². The van der Waals surface area contributed by atoms with Crippen molar-refractivity contribution >= 4 is 45.6 Å². The van der Waals surface area contributed by atoms with Crippen molar-refractivity contribution < 1.29 is 9.72 Å². The van der Waals surface area contributed by atoms with Gasteiger partial charge in [-0.3, -0.25) is 14.9 Å². The van der Waals surface area contributed by atoms with Crippen molar-refractivity contribution in [3.8, 4) is 5.69 Å². The van der Waals surface area contributed by atoms with Crippen LogP contribution in [0.3, 0.4) is 0 Å². The summed E-state index contributed by atoms with van der Waals surface area (Å²) in [4.78, 5) is 28.1. The number of piperidine rings is 1. The predicted molar refractivity (Wildman–Crippen MR) is 154 cm³/mol. The number of aromatic nitrogens is 3. The van der Waals surface area contributed by atoms with E-state index < -0.39 is 10.8 Å². The van der Waals surface area contributed by atoms with Crippen LogP contribution in [0.4, 0.5) is 17.1 Å². The summed E-state index contributed by atoms with van der Waals surface area (Å²) >= 11 is 6.47. The van der Waals surface area contributed by atoms with Crippen molar-refractivity contribution in [1.82, 2.24) is 15.0 Å². The third-order valence-electron chi connectivity index (χ3n) is 7.26. The van der Waals surface area contributed by atoms with Crippen molar-refractivity contribution in [3.63, 3.8) is 0 Å². The number of anilines is 2. The van der Waals surface area contributed by atoms with Gasteiger partial charge in [-0.2, -0.15) is 4.80 Å². The van der Waals surface area contributed by atoms with Crippen molar-refractivity contribution in [1.29, 1.82) is 0 Å². The van der Waals surface area contributed by atoms with Gasteiger partial charge in [0.1, 0.15) is 16.7 Å². The number of nitro benzene ring substituents is 1. The Kier molecular flexibility index (Phi) is 7.79. The van der Waals surface area contributed by atoms with Gasteiger partial charge in [0.05, 0.1) is 21.3 Å². The third kappa shape index (κ3) is 5.88. The van der Waals surface area contributed by atoms with Crippen LogP contribution < -0.4 is 10.2 Å². The number of unbranched alkanes of at least 4 members (excludes halogenated alkanes) is 1. The van der Waals surface area contributed by atoms with Crippen molar-refractivity contribution in [2.75, 3.05) is 23.3 Å². The van der Waals surface area contributed by atoms with E-state index in [9.17, 15) is 14.9 Å². The van der Waals surface area contributed by atoms with Crippen LogP contribution in [0, 0.1) is 16.0 Å². The molecule has 10 heteroatoms. The van der Waals surface area contributed by atoms with Crippen LogP contribution in [0.25, 0.3) is 16.7 Å². The van der Waals surface area contributed by atoms with E-state index in [-0.39, 0.29) is 11.3 Å². The zero-order valence-corrected chi connectivity index (χ0v) is 22.8. The molecule has 2 heterocycles. The fourth-order valence-electron chi connectivity index (χ4n) is 4.85. The Morgan fingerprint density at radius 1 is 1.08 bits per heavy atom. The lowest BCUT2D eigenvalue weighted by Gasteiger charge is -2.31. The highest BCUT2D eigenvalue weighted by molar-refractivity contribution is 6.34. The van der Waals surface area contributed by atoms with Crippen LogP contribution in [0.5, 0.6) is 0 Å². The van der Waals surface area contributed by atoms with Crippen LogP contribution in [-0.2, 0) is 6.42 Å². The smallest absolute Gasteiger partial charge is 0.293 e. The molecule has 0 aliphatic carbocycles. The number of nitrogens with zero attached hydrogens (tertiary/aromatic N) is 5. The van der Waals surface area contributed by atoms with Crippen LogP contribution in [0.2, 0.25) is 5.02 Å². The summed E-state index contributed by atoms with van der Waals surface area (Å²) in [6, 6.07) is 16.0. The van der Waals surface area contributed by atoms with E-state index in [1.54, 1.807) is 29.1 Å². The SMILES string of the molecule is CCCCc1ccc(-n2nc3cc(Cl)c(NC(=O)c4ccc(N5CCC(C)CC5)c([N+](=O)[O-])c4)cc3n2)cc1. The average Bonchev–Trinajstić information content (AvgIpc) is 3.35. The Morgan fingerprint density at radius 3 is 2.44 bits per heavy atom. The summed E-state index contributed by atoms with van der Waals surface area (Å²) in [5.41, 5.74) is 4.23. The van der Waals surface area contributed by atoms with E-state index in [1.165, 1.54) is 11.6 Å².